The molecule has 0 aromatic carbocycles. The van der Waals surface area contributed by atoms with E-state index < -0.39 is 0 Å². The highest BCUT2D eigenvalue weighted by Crippen LogP contribution is 2.18. The lowest BCUT2D eigenvalue weighted by molar-refractivity contribution is 0.126. The maximum atomic E-state index is 3.93. The molecular formula is C34H74N6. The van der Waals surface area contributed by atoms with Crippen molar-refractivity contribution >= 4 is 6.72 Å². The van der Waals surface area contributed by atoms with Gasteiger partial charge in [-0.15, -0.1) is 0 Å². The smallest absolute Gasteiger partial charge is 0.0423 e. The summed E-state index contributed by atoms with van der Waals surface area (Å²) in [6.45, 7) is 35.4. The van der Waals surface area contributed by atoms with E-state index in [2.05, 4.69) is 98.6 Å². The molecule has 4 aliphatic heterocycles. The first kappa shape index (κ1) is 39.5. The zero-order valence-corrected chi connectivity index (χ0v) is 28.0. The Labute approximate surface area is 252 Å². The second-order valence-electron chi connectivity index (χ2n) is 13.5. The van der Waals surface area contributed by atoms with Crippen LogP contribution in [-0.4, -0.2) is 134 Å². The second kappa shape index (κ2) is 23.0. The average molecular weight is 567 g/mol. The van der Waals surface area contributed by atoms with Crippen LogP contribution in [0, 0.1) is 5.92 Å². The molecule has 0 aliphatic carbocycles. The summed E-state index contributed by atoms with van der Waals surface area (Å²) in [5.41, 5.74) is 0. The van der Waals surface area contributed by atoms with E-state index in [-0.39, 0.29) is 7.43 Å². The van der Waals surface area contributed by atoms with Gasteiger partial charge in [0.25, 0.3) is 0 Å². The van der Waals surface area contributed by atoms with Gasteiger partial charge < -0.3 is 24.6 Å². The lowest BCUT2D eigenvalue weighted by Gasteiger charge is -2.34. The van der Waals surface area contributed by atoms with Crippen LogP contribution >= 0.6 is 0 Å². The molecule has 0 bridgehead atoms. The molecule has 4 saturated heterocycles. The predicted octanol–water partition coefficient (Wildman–Crippen LogP) is 6.46. The summed E-state index contributed by atoms with van der Waals surface area (Å²) in [6, 6.07) is 2.97. The fraction of sp³-hybridized carbons (Fsp3) is 0.971. The van der Waals surface area contributed by atoms with Crippen LogP contribution in [0.5, 0.6) is 0 Å². The number of hydrogen-bond donors (Lipinski definition) is 0. The first-order valence-corrected chi connectivity index (χ1v) is 16.6. The van der Waals surface area contributed by atoms with Gasteiger partial charge in [0.15, 0.2) is 0 Å². The first-order valence-electron chi connectivity index (χ1n) is 16.6. The zero-order chi connectivity index (χ0) is 29.2. The second-order valence-corrected chi connectivity index (χ2v) is 13.5. The Morgan fingerprint density at radius 3 is 1.23 bits per heavy atom. The molecule has 0 saturated carbocycles. The maximum Gasteiger partial charge on any atom is 0.0423 e. The van der Waals surface area contributed by atoms with E-state index >= 15 is 0 Å². The average Bonchev–Trinajstić information content (AvgIpc) is 3.40. The third-order valence-corrected chi connectivity index (χ3v) is 8.94. The third kappa shape index (κ3) is 17.4. The largest absolute Gasteiger partial charge is 0.304 e. The van der Waals surface area contributed by atoms with Crippen molar-refractivity contribution in [3.63, 3.8) is 0 Å². The van der Waals surface area contributed by atoms with Crippen LogP contribution in [0.2, 0.25) is 0 Å². The van der Waals surface area contributed by atoms with Crippen LogP contribution in [0.1, 0.15) is 108 Å². The van der Waals surface area contributed by atoms with Gasteiger partial charge in [-0.2, -0.15) is 0 Å². The minimum absolute atomic E-state index is 0. The van der Waals surface area contributed by atoms with Crippen molar-refractivity contribution in [3.05, 3.63) is 0 Å². The van der Waals surface area contributed by atoms with Gasteiger partial charge in [0.05, 0.1) is 0 Å². The highest BCUT2D eigenvalue weighted by atomic mass is 15.3. The van der Waals surface area contributed by atoms with E-state index in [1.54, 1.807) is 0 Å². The van der Waals surface area contributed by atoms with Gasteiger partial charge in [-0.1, -0.05) is 20.3 Å². The van der Waals surface area contributed by atoms with Crippen molar-refractivity contribution in [1.29, 1.82) is 0 Å². The number of hydrogen-bond acceptors (Lipinski definition) is 6. The summed E-state index contributed by atoms with van der Waals surface area (Å²) in [4.78, 5) is 16.5. The van der Waals surface area contributed by atoms with Crippen LogP contribution in [0.15, 0.2) is 4.99 Å². The molecule has 40 heavy (non-hydrogen) atoms. The molecule has 4 heterocycles. The fourth-order valence-corrected chi connectivity index (χ4v) is 5.87. The third-order valence-electron chi connectivity index (χ3n) is 8.94. The molecule has 0 amide bonds. The molecule has 240 valence electrons. The van der Waals surface area contributed by atoms with E-state index in [0.29, 0.717) is 6.04 Å². The van der Waals surface area contributed by atoms with Gasteiger partial charge in [0, 0.05) is 63.4 Å². The molecule has 0 spiro atoms. The molecule has 4 fully saturated rings. The number of aliphatic imine (C=N–C) groups is 1. The first-order chi connectivity index (χ1) is 18.5. The van der Waals surface area contributed by atoms with Crippen LogP contribution in [0.3, 0.4) is 0 Å². The summed E-state index contributed by atoms with van der Waals surface area (Å²) < 4.78 is 0. The van der Waals surface area contributed by atoms with E-state index in [1.165, 1.54) is 110 Å². The van der Waals surface area contributed by atoms with Crippen molar-refractivity contribution in [2.75, 3.05) is 79.0 Å². The molecule has 0 N–H and O–H groups in total. The van der Waals surface area contributed by atoms with Crippen molar-refractivity contribution in [3.8, 4) is 0 Å². The minimum Gasteiger partial charge on any atom is -0.304 e. The van der Waals surface area contributed by atoms with Crippen molar-refractivity contribution < 1.29 is 0 Å². The SMILES string of the molecule is C.C=NCC1CCN(C(C)C)C1.CC(C)N1CCCCC1.CC(C)N1CCCCC1.CC(C)N1CCN(C)CC1. The molecule has 0 aromatic rings. The Balaban J connectivity index is 0.000000504. The molecule has 0 radical (unpaired) electrons. The minimum atomic E-state index is 0. The topological polar surface area (TPSA) is 28.6 Å². The number of likely N-dealkylation sites (tertiary alicyclic amines) is 3. The summed E-state index contributed by atoms with van der Waals surface area (Å²) in [5, 5.41) is 0. The molecule has 6 nitrogen and oxygen atoms in total. The Bertz CT molecular complexity index is 551. The Morgan fingerprint density at radius 1 is 0.550 bits per heavy atom. The van der Waals surface area contributed by atoms with E-state index in [0.717, 1.165) is 30.6 Å². The van der Waals surface area contributed by atoms with Gasteiger partial charge in [0.2, 0.25) is 0 Å². The number of likely N-dealkylation sites (N-methyl/N-ethyl adjacent to an activating group) is 1. The van der Waals surface area contributed by atoms with Gasteiger partial charge in [0.1, 0.15) is 0 Å². The van der Waals surface area contributed by atoms with E-state index in [4.69, 9.17) is 0 Å². The van der Waals surface area contributed by atoms with Gasteiger partial charge in [-0.3, -0.25) is 4.90 Å². The number of nitrogens with zero attached hydrogens (tertiary/aromatic N) is 6. The van der Waals surface area contributed by atoms with Crippen LogP contribution in [-0.2, 0) is 0 Å². The maximum absolute atomic E-state index is 3.93. The molecule has 1 unspecified atom stereocenters. The molecule has 1 atom stereocenters. The van der Waals surface area contributed by atoms with Crippen molar-refractivity contribution in [2.24, 2.45) is 10.9 Å². The lowest BCUT2D eigenvalue weighted by Crippen LogP contribution is -2.47. The van der Waals surface area contributed by atoms with Crippen molar-refractivity contribution in [1.82, 2.24) is 24.5 Å². The summed E-state index contributed by atoms with van der Waals surface area (Å²) in [5.74, 6) is 0.773. The lowest BCUT2D eigenvalue weighted by atomic mass is 10.1. The molecule has 4 aliphatic rings. The van der Waals surface area contributed by atoms with Crippen LogP contribution in [0.25, 0.3) is 0 Å². The summed E-state index contributed by atoms with van der Waals surface area (Å²) >= 11 is 0. The summed E-state index contributed by atoms with van der Waals surface area (Å²) in [6.07, 6.45) is 9.86. The number of piperazine rings is 1. The van der Waals surface area contributed by atoms with Gasteiger partial charge >= 0.3 is 0 Å². The Hall–Kier alpha value is -0.530. The van der Waals surface area contributed by atoms with E-state index in [9.17, 15) is 0 Å². The predicted molar refractivity (Wildman–Crippen MR) is 181 cm³/mol. The molecule has 6 heteroatoms. The zero-order valence-electron chi connectivity index (χ0n) is 28.0. The Kier molecular flexibility index (Phi) is 22.7. The van der Waals surface area contributed by atoms with Crippen LogP contribution < -0.4 is 0 Å². The van der Waals surface area contributed by atoms with Gasteiger partial charge in [-0.25, -0.2) is 0 Å². The molecule has 4 rings (SSSR count). The highest BCUT2D eigenvalue weighted by molar-refractivity contribution is 5.23. The normalized spacial score (nSPS) is 23.6. The van der Waals surface area contributed by atoms with E-state index in [1.807, 2.05) is 0 Å². The fourth-order valence-electron chi connectivity index (χ4n) is 5.87. The highest BCUT2D eigenvalue weighted by Gasteiger charge is 2.23. The standard InChI is InChI=1S/C9H18N2.C8H18N2.2C8H17N.CH4/c1-8(2)11-5-4-9(7-11)6-10-3;1-8(2)10-6-4-9(3)5-7-10;2*1-8(2)9-6-4-3-5-7-9;/h8-9H,3-7H2,1-2H3;8H,4-7H2,1-3H3;2*8H,3-7H2,1-2H3;1H4. The van der Waals surface area contributed by atoms with Gasteiger partial charge in [-0.05, 0) is 140 Å². The van der Waals surface area contributed by atoms with Crippen LogP contribution in [0.4, 0.5) is 0 Å². The van der Waals surface area contributed by atoms with Crippen molar-refractivity contribution in [2.45, 2.75) is 132 Å². The Morgan fingerprint density at radius 2 is 0.925 bits per heavy atom. The summed E-state index contributed by atoms with van der Waals surface area (Å²) in [7, 11) is 2.19. The molecule has 0 aromatic heterocycles. The number of piperidine rings is 2. The molecular weight excluding hydrogens is 492 g/mol. The number of rotatable bonds is 6. The quantitative estimate of drug-likeness (QED) is 0.344. The monoisotopic (exact) mass is 567 g/mol.